The molecule has 0 bridgehead atoms. The quantitative estimate of drug-likeness (QED) is 0.860. The van der Waals surface area contributed by atoms with Crippen LogP contribution in [0, 0.1) is 6.92 Å². The molecule has 20 heavy (non-hydrogen) atoms. The zero-order valence-corrected chi connectivity index (χ0v) is 11.3. The molecule has 7 heteroatoms. The highest BCUT2D eigenvalue weighted by molar-refractivity contribution is 5.95. The molecular formula is C13H16N6O. The molecule has 2 aromatic heterocycles. The zero-order valence-electron chi connectivity index (χ0n) is 11.3. The third-order valence-corrected chi connectivity index (χ3v) is 3.50. The fourth-order valence-electron chi connectivity index (χ4n) is 2.33. The third-order valence-electron chi connectivity index (χ3n) is 3.50. The Labute approximate surface area is 116 Å². The predicted molar refractivity (Wildman–Crippen MR) is 73.5 cm³/mol. The monoisotopic (exact) mass is 272 g/mol. The van der Waals surface area contributed by atoms with E-state index in [1.165, 1.54) is 0 Å². The summed E-state index contributed by atoms with van der Waals surface area (Å²) < 4.78 is 0. The van der Waals surface area contributed by atoms with Gasteiger partial charge < -0.3 is 9.80 Å². The number of rotatable bonds is 2. The highest BCUT2D eigenvalue weighted by Crippen LogP contribution is 2.14. The number of aryl methyl sites for hydroxylation is 1. The van der Waals surface area contributed by atoms with Crippen molar-refractivity contribution in [2.45, 2.75) is 6.92 Å². The topological polar surface area (TPSA) is 78.0 Å². The van der Waals surface area contributed by atoms with E-state index in [4.69, 9.17) is 0 Å². The molecule has 7 nitrogen and oxygen atoms in total. The van der Waals surface area contributed by atoms with Crippen molar-refractivity contribution in [1.82, 2.24) is 25.1 Å². The van der Waals surface area contributed by atoms with Crippen molar-refractivity contribution in [1.29, 1.82) is 0 Å². The van der Waals surface area contributed by atoms with Gasteiger partial charge in [-0.25, -0.2) is 4.98 Å². The van der Waals surface area contributed by atoms with Crippen molar-refractivity contribution >= 4 is 11.7 Å². The molecule has 1 amide bonds. The maximum atomic E-state index is 12.3. The smallest absolute Gasteiger partial charge is 0.257 e. The molecule has 0 atom stereocenters. The minimum Gasteiger partial charge on any atom is -0.352 e. The SMILES string of the molecule is Cc1[nH]ncc1C(=O)N1CCN(c2cnccn2)CC1. The normalized spacial score (nSPS) is 15.4. The Morgan fingerprint density at radius 1 is 1.20 bits per heavy atom. The number of hydrogen-bond donors (Lipinski definition) is 1. The molecule has 104 valence electrons. The average Bonchev–Trinajstić information content (AvgIpc) is 2.94. The van der Waals surface area contributed by atoms with Crippen LogP contribution in [0.5, 0.6) is 0 Å². The number of nitrogens with one attached hydrogen (secondary N) is 1. The van der Waals surface area contributed by atoms with Gasteiger partial charge in [0.2, 0.25) is 0 Å². The molecule has 0 spiro atoms. The number of carbonyl (C=O) groups is 1. The van der Waals surface area contributed by atoms with Crippen molar-refractivity contribution in [2.24, 2.45) is 0 Å². The molecule has 0 aliphatic carbocycles. The first-order valence-corrected chi connectivity index (χ1v) is 6.56. The first-order valence-electron chi connectivity index (χ1n) is 6.56. The molecule has 1 N–H and O–H groups in total. The van der Waals surface area contributed by atoms with Gasteiger partial charge in [0.25, 0.3) is 5.91 Å². The lowest BCUT2D eigenvalue weighted by atomic mass is 10.2. The molecule has 1 aliphatic rings. The van der Waals surface area contributed by atoms with Gasteiger partial charge in [0.15, 0.2) is 0 Å². The van der Waals surface area contributed by atoms with Crippen LogP contribution in [0.15, 0.2) is 24.8 Å². The summed E-state index contributed by atoms with van der Waals surface area (Å²) in [4.78, 5) is 24.7. The predicted octanol–water partition coefficient (Wildman–Crippen LogP) is 0.471. The number of H-pyrrole nitrogens is 1. The zero-order chi connectivity index (χ0) is 13.9. The van der Waals surface area contributed by atoms with Gasteiger partial charge in [-0.2, -0.15) is 5.10 Å². The molecule has 1 fully saturated rings. The van der Waals surface area contributed by atoms with Gasteiger partial charge in [-0.15, -0.1) is 0 Å². The summed E-state index contributed by atoms with van der Waals surface area (Å²) in [5, 5.41) is 6.70. The van der Waals surface area contributed by atoms with E-state index in [0.29, 0.717) is 18.7 Å². The van der Waals surface area contributed by atoms with Crippen LogP contribution in [0.1, 0.15) is 16.1 Å². The highest BCUT2D eigenvalue weighted by Gasteiger charge is 2.24. The number of aromatic amines is 1. The molecule has 0 aromatic carbocycles. The standard InChI is InChI=1S/C13H16N6O/c1-10-11(8-16-17-10)13(20)19-6-4-18(5-7-19)12-9-14-2-3-15-12/h2-3,8-9H,4-7H2,1H3,(H,16,17). The van der Waals surface area contributed by atoms with Gasteiger partial charge in [-0.05, 0) is 6.92 Å². The van der Waals surface area contributed by atoms with E-state index < -0.39 is 0 Å². The van der Waals surface area contributed by atoms with Crippen molar-refractivity contribution in [3.8, 4) is 0 Å². The highest BCUT2D eigenvalue weighted by atomic mass is 16.2. The van der Waals surface area contributed by atoms with Gasteiger partial charge in [0, 0.05) is 44.3 Å². The van der Waals surface area contributed by atoms with Gasteiger partial charge in [-0.1, -0.05) is 0 Å². The number of nitrogens with zero attached hydrogens (tertiary/aromatic N) is 5. The van der Waals surface area contributed by atoms with Gasteiger partial charge in [0.05, 0.1) is 18.0 Å². The van der Waals surface area contributed by atoms with Crippen LogP contribution >= 0.6 is 0 Å². The van der Waals surface area contributed by atoms with Crippen LogP contribution in [0.3, 0.4) is 0 Å². The van der Waals surface area contributed by atoms with E-state index in [1.54, 1.807) is 24.8 Å². The van der Waals surface area contributed by atoms with E-state index in [0.717, 1.165) is 24.6 Å². The number of amides is 1. The van der Waals surface area contributed by atoms with Gasteiger partial charge >= 0.3 is 0 Å². The van der Waals surface area contributed by atoms with E-state index in [-0.39, 0.29) is 5.91 Å². The van der Waals surface area contributed by atoms with Crippen LogP contribution in [-0.2, 0) is 0 Å². The lowest BCUT2D eigenvalue weighted by molar-refractivity contribution is 0.0746. The molecule has 1 saturated heterocycles. The van der Waals surface area contributed by atoms with Gasteiger partial charge in [0.1, 0.15) is 5.82 Å². The Bertz CT molecular complexity index is 588. The Balaban J connectivity index is 1.64. The largest absolute Gasteiger partial charge is 0.352 e. The lowest BCUT2D eigenvalue weighted by Gasteiger charge is -2.35. The molecular weight excluding hydrogens is 256 g/mol. The minimum atomic E-state index is 0.0371. The molecule has 0 saturated carbocycles. The van der Waals surface area contributed by atoms with Crippen molar-refractivity contribution in [2.75, 3.05) is 31.1 Å². The van der Waals surface area contributed by atoms with Crippen LogP contribution in [0.25, 0.3) is 0 Å². The molecule has 0 radical (unpaired) electrons. The van der Waals surface area contributed by atoms with E-state index in [2.05, 4.69) is 25.1 Å². The first kappa shape index (κ1) is 12.6. The number of piperazine rings is 1. The van der Waals surface area contributed by atoms with Crippen molar-refractivity contribution in [3.05, 3.63) is 36.0 Å². The van der Waals surface area contributed by atoms with Crippen molar-refractivity contribution < 1.29 is 4.79 Å². The van der Waals surface area contributed by atoms with E-state index >= 15 is 0 Å². The average molecular weight is 272 g/mol. The van der Waals surface area contributed by atoms with E-state index in [9.17, 15) is 4.79 Å². The number of aromatic nitrogens is 4. The minimum absolute atomic E-state index is 0.0371. The summed E-state index contributed by atoms with van der Waals surface area (Å²) in [7, 11) is 0. The molecule has 3 heterocycles. The van der Waals surface area contributed by atoms with E-state index in [1.807, 2.05) is 11.8 Å². The summed E-state index contributed by atoms with van der Waals surface area (Å²) in [5.41, 5.74) is 1.46. The fourth-order valence-corrected chi connectivity index (χ4v) is 2.33. The second-order valence-electron chi connectivity index (χ2n) is 4.75. The number of carbonyl (C=O) groups excluding carboxylic acids is 1. The third kappa shape index (κ3) is 2.34. The maximum Gasteiger partial charge on any atom is 0.257 e. The Hall–Kier alpha value is -2.44. The summed E-state index contributed by atoms with van der Waals surface area (Å²) >= 11 is 0. The number of hydrogen-bond acceptors (Lipinski definition) is 5. The molecule has 3 rings (SSSR count). The van der Waals surface area contributed by atoms with Crippen LogP contribution < -0.4 is 4.90 Å². The maximum absolute atomic E-state index is 12.3. The summed E-state index contributed by atoms with van der Waals surface area (Å²) in [5.74, 6) is 0.897. The first-order chi connectivity index (χ1) is 9.75. The van der Waals surface area contributed by atoms with Crippen LogP contribution in [-0.4, -0.2) is 57.2 Å². The second kappa shape index (κ2) is 5.28. The van der Waals surface area contributed by atoms with Crippen LogP contribution in [0.2, 0.25) is 0 Å². The summed E-state index contributed by atoms with van der Waals surface area (Å²) in [6.45, 7) is 4.75. The Kier molecular flexibility index (Phi) is 3.32. The Morgan fingerprint density at radius 3 is 2.60 bits per heavy atom. The Morgan fingerprint density at radius 2 is 2.00 bits per heavy atom. The summed E-state index contributed by atoms with van der Waals surface area (Å²) in [6, 6.07) is 0. The molecule has 1 aliphatic heterocycles. The second-order valence-corrected chi connectivity index (χ2v) is 4.75. The summed E-state index contributed by atoms with van der Waals surface area (Å²) in [6.07, 6.45) is 6.68. The van der Waals surface area contributed by atoms with Crippen molar-refractivity contribution in [3.63, 3.8) is 0 Å². The lowest BCUT2D eigenvalue weighted by Crippen LogP contribution is -2.49. The molecule has 0 unspecified atom stereocenters. The fraction of sp³-hybridized carbons (Fsp3) is 0.385. The van der Waals surface area contributed by atoms with Gasteiger partial charge in [-0.3, -0.25) is 14.9 Å². The number of anilines is 1. The molecule has 2 aromatic rings. The van der Waals surface area contributed by atoms with Crippen LogP contribution in [0.4, 0.5) is 5.82 Å².